The summed E-state index contributed by atoms with van der Waals surface area (Å²) in [6, 6.07) is 68.5. The summed E-state index contributed by atoms with van der Waals surface area (Å²) in [7, 11) is 0. The van der Waals surface area contributed by atoms with Crippen LogP contribution in [-0.2, 0) is 0 Å². The minimum absolute atomic E-state index is 1.13. The van der Waals surface area contributed by atoms with E-state index in [1.165, 1.54) is 76.5 Å². The smallest absolute Gasteiger partial charge is 0.0561 e. The van der Waals surface area contributed by atoms with Gasteiger partial charge in [0.1, 0.15) is 0 Å². The summed E-state index contributed by atoms with van der Waals surface area (Å²) in [6.45, 7) is 0. The van der Waals surface area contributed by atoms with Gasteiger partial charge in [0.2, 0.25) is 0 Å². The Bertz CT molecular complexity index is 3080. The fraction of sp³-hybridized carbons (Fsp3) is 0. The lowest BCUT2D eigenvalue weighted by Crippen LogP contribution is -1.99. The van der Waals surface area contributed by atoms with Gasteiger partial charge in [-0.3, -0.25) is 0 Å². The molecule has 0 saturated carbocycles. The van der Waals surface area contributed by atoms with Crippen molar-refractivity contribution >= 4 is 65.4 Å². The molecule has 0 bridgehead atoms. The number of aromatic nitrogens is 3. The van der Waals surface area contributed by atoms with Crippen LogP contribution in [0.4, 0.5) is 0 Å². The molecule has 0 unspecified atom stereocenters. The first kappa shape index (κ1) is 28.0. The highest BCUT2D eigenvalue weighted by atomic mass is 15.0. The average Bonchev–Trinajstić information content (AvgIpc) is 3.83. The first-order chi connectivity index (χ1) is 25.3. The molecule has 3 heteroatoms. The van der Waals surface area contributed by atoms with Crippen molar-refractivity contribution in [3.05, 3.63) is 188 Å². The molecule has 3 aromatic heterocycles. The zero-order valence-corrected chi connectivity index (χ0v) is 27.7. The van der Waals surface area contributed by atoms with Crippen LogP contribution in [0.1, 0.15) is 0 Å². The van der Waals surface area contributed by atoms with Gasteiger partial charge in [0.05, 0.1) is 33.1 Å². The van der Waals surface area contributed by atoms with Crippen LogP contribution in [0.25, 0.3) is 93.6 Å². The van der Waals surface area contributed by atoms with E-state index in [9.17, 15) is 0 Å². The predicted molar refractivity (Wildman–Crippen MR) is 215 cm³/mol. The van der Waals surface area contributed by atoms with Gasteiger partial charge >= 0.3 is 0 Å². The molecule has 3 nitrogen and oxygen atoms in total. The Labute approximate surface area is 294 Å². The summed E-state index contributed by atoms with van der Waals surface area (Å²) in [5, 5.41) is 7.53. The summed E-state index contributed by atoms with van der Waals surface area (Å²) < 4.78 is 7.26. The van der Waals surface area contributed by atoms with E-state index in [2.05, 4.69) is 202 Å². The van der Waals surface area contributed by atoms with E-state index in [-0.39, 0.29) is 0 Å². The largest absolute Gasteiger partial charge is 0.309 e. The lowest BCUT2D eigenvalue weighted by atomic mass is 10.0. The van der Waals surface area contributed by atoms with Crippen LogP contribution < -0.4 is 0 Å². The van der Waals surface area contributed by atoms with Gasteiger partial charge in [-0.2, -0.15) is 0 Å². The van der Waals surface area contributed by atoms with Crippen LogP contribution in [0.2, 0.25) is 0 Å². The van der Waals surface area contributed by atoms with Gasteiger partial charge in [-0.25, -0.2) is 0 Å². The number of benzene rings is 8. The van der Waals surface area contributed by atoms with Crippen molar-refractivity contribution < 1.29 is 0 Å². The van der Waals surface area contributed by atoms with Crippen LogP contribution in [0, 0.1) is 0 Å². The second-order valence-electron chi connectivity index (χ2n) is 13.4. The van der Waals surface area contributed by atoms with Gasteiger partial charge in [-0.1, -0.05) is 121 Å². The third kappa shape index (κ3) is 4.12. The van der Waals surface area contributed by atoms with Crippen molar-refractivity contribution in [3.8, 4) is 28.2 Å². The second-order valence-corrected chi connectivity index (χ2v) is 13.4. The van der Waals surface area contributed by atoms with Gasteiger partial charge in [0.25, 0.3) is 0 Å². The molecular weight excluding hydrogens is 619 g/mol. The number of fused-ring (bicyclic) bond motifs is 9. The lowest BCUT2D eigenvalue weighted by Gasteiger charge is -2.14. The van der Waals surface area contributed by atoms with Crippen molar-refractivity contribution in [1.82, 2.24) is 13.7 Å². The van der Waals surface area contributed by atoms with Crippen LogP contribution in [0.3, 0.4) is 0 Å². The van der Waals surface area contributed by atoms with Crippen LogP contribution in [-0.4, -0.2) is 13.7 Å². The molecule has 0 spiro atoms. The fourth-order valence-electron chi connectivity index (χ4n) is 8.41. The van der Waals surface area contributed by atoms with Crippen molar-refractivity contribution in [2.75, 3.05) is 0 Å². The van der Waals surface area contributed by atoms with Crippen LogP contribution in [0.15, 0.2) is 188 Å². The van der Waals surface area contributed by atoms with Gasteiger partial charge < -0.3 is 13.7 Å². The fourth-order valence-corrected chi connectivity index (χ4v) is 8.41. The Kier molecular flexibility index (Phi) is 5.96. The SMILES string of the molecule is c1ccc(-c2ccc3c(c2)c2ccccc2n3-c2cccc(-n3c4ccccc4c4ccc(-n5c6ccccc6c6ccccc65)cc43)c2)cc1. The Morgan fingerprint density at radius 1 is 0.216 bits per heavy atom. The third-order valence-corrected chi connectivity index (χ3v) is 10.6. The average molecular weight is 650 g/mol. The van der Waals surface area contributed by atoms with E-state index in [4.69, 9.17) is 0 Å². The van der Waals surface area contributed by atoms with E-state index in [0.717, 1.165) is 17.1 Å². The predicted octanol–water partition coefficient (Wildman–Crippen LogP) is 12.6. The highest BCUT2D eigenvalue weighted by molar-refractivity contribution is 6.13. The molecule has 51 heavy (non-hydrogen) atoms. The monoisotopic (exact) mass is 649 g/mol. The molecular formula is C48H31N3. The molecule has 3 heterocycles. The summed E-state index contributed by atoms with van der Waals surface area (Å²) >= 11 is 0. The number of hydrogen-bond acceptors (Lipinski definition) is 0. The Morgan fingerprint density at radius 3 is 1.22 bits per heavy atom. The van der Waals surface area contributed by atoms with E-state index in [1.54, 1.807) is 0 Å². The number of hydrogen-bond donors (Lipinski definition) is 0. The topological polar surface area (TPSA) is 14.8 Å². The molecule has 0 fully saturated rings. The summed E-state index contributed by atoms with van der Waals surface area (Å²) in [4.78, 5) is 0. The molecule has 0 radical (unpaired) electrons. The first-order valence-corrected chi connectivity index (χ1v) is 17.5. The van der Waals surface area contributed by atoms with Crippen molar-refractivity contribution in [2.45, 2.75) is 0 Å². The van der Waals surface area contributed by atoms with Crippen LogP contribution >= 0.6 is 0 Å². The zero-order chi connectivity index (χ0) is 33.5. The molecule has 0 aliphatic heterocycles. The number of nitrogens with zero attached hydrogens (tertiary/aromatic N) is 3. The highest BCUT2D eigenvalue weighted by Crippen LogP contribution is 2.39. The number of para-hydroxylation sites is 4. The molecule has 0 saturated heterocycles. The quantitative estimate of drug-likeness (QED) is 0.180. The molecule has 238 valence electrons. The van der Waals surface area contributed by atoms with Gasteiger partial charge in [0.15, 0.2) is 0 Å². The molecule has 11 rings (SSSR count). The maximum atomic E-state index is 2.44. The van der Waals surface area contributed by atoms with E-state index < -0.39 is 0 Å². The number of rotatable bonds is 4. The highest BCUT2D eigenvalue weighted by Gasteiger charge is 2.18. The van der Waals surface area contributed by atoms with Gasteiger partial charge in [-0.15, -0.1) is 0 Å². The summed E-state index contributed by atoms with van der Waals surface area (Å²) in [5.41, 5.74) is 13.1. The third-order valence-electron chi connectivity index (χ3n) is 10.6. The second kappa shape index (κ2) is 10.8. The lowest BCUT2D eigenvalue weighted by molar-refractivity contribution is 1.13. The minimum atomic E-state index is 1.13. The molecule has 0 N–H and O–H groups in total. The molecule has 11 aromatic rings. The Balaban J connectivity index is 1.15. The Morgan fingerprint density at radius 2 is 0.647 bits per heavy atom. The summed E-state index contributed by atoms with van der Waals surface area (Å²) in [5.74, 6) is 0. The van der Waals surface area contributed by atoms with Crippen LogP contribution in [0.5, 0.6) is 0 Å². The molecule has 8 aromatic carbocycles. The standard InChI is InChI=1S/C48H31N3/c1-2-13-32(14-3-1)33-25-28-47-42(29-33)40-20-7-11-24-46(40)49(47)34-15-12-16-35(30-34)51-45-23-10-6-19-39(45)41-27-26-36(31-48(41)51)50-43-21-8-4-17-37(43)38-18-5-9-22-44(38)50/h1-31H. The summed E-state index contributed by atoms with van der Waals surface area (Å²) in [6.07, 6.45) is 0. The van der Waals surface area contributed by atoms with Crippen molar-refractivity contribution in [3.63, 3.8) is 0 Å². The van der Waals surface area contributed by atoms with Crippen molar-refractivity contribution in [1.29, 1.82) is 0 Å². The maximum absolute atomic E-state index is 2.44. The Hall–Kier alpha value is -6.84. The van der Waals surface area contributed by atoms with Gasteiger partial charge in [0, 0.05) is 49.4 Å². The maximum Gasteiger partial charge on any atom is 0.0561 e. The molecule has 0 amide bonds. The normalized spacial score (nSPS) is 11.9. The van der Waals surface area contributed by atoms with E-state index in [1.807, 2.05) is 0 Å². The molecule has 0 aliphatic carbocycles. The first-order valence-electron chi connectivity index (χ1n) is 17.5. The van der Waals surface area contributed by atoms with Gasteiger partial charge in [-0.05, 0) is 77.9 Å². The molecule has 0 atom stereocenters. The zero-order valence-electron chi connectivity index (χ0n) is 27.7. The minimum Gasteiger partial charge on any atom is -0.309 e. The van der Waals surface area contributed by atoms with E-state index in [0.29, 0.717) is 0 Å². The molecule has 0 aliphatic rings. The van der Waals surface area contributed by atoms with E-state index >= 15 is 0 Å². The van der Waals surface area contributed by atoms with Crippen molar-refractivity contribution in [2.24, 2.45) is 0 Å².